The van der Waals surface area contributed by atoms with Crippen LogP contribution in [-0.2, 0) is 14.2 Å². The van der Waals surface area contributed by atoms with E-state index in [-0.39, 0.29) is 0 Å². The molecule has 0 saturated carbocycles. The first-order valence-corrected chi connectivity index (χ1v) is 12.3. The van der Waals surface area contributed by atoms with Gasteiger partial charge in [-0.2, -0.15) is 10.2 Å². The molecule has 0 aliphatic carbocycles. The van der Waals surface area contributed by atoms with Crippen LogP contribution in [0.2, 0.25) is 0 Å². The molecule has 0 amide bonds. The van der Waals surface area contributed by atoms with Crippen molar-refractivity contribution < 1.29 is 14.2 Å². The predicted molar refractivity (Wildman–Crippen MR) is 141 cm³/mol. The van der Waals surface area contributed by atoms with E-state index >= 15 is 0 Å². The Hall–Kier alpha value is -1.98. The quantitative estimate of drug-likeness (QED) is 0.244. The van der Waals surface area contributed by atoms with Crippen LogP contribution < -0.4 is 10.9 Å². The van der Waals surface area contributed by atoms with Crippen molar-refractivity contribution in [2.45, 2.75) is 13.8 Å². The van der Waals surface area contributed by atoms with Gasteiger partial charge in [-0.25, -0.2) is 0 Å². The second kappa shape index (κ2) is 17.6. The van der Waals surface area contributed by atoms with Crippen LogP contribution in [-0.4, -0.2) is 69.6 Å². The molecule has 8 nitrogen and oxygen atoms in total. The molecule has 0 aliphatic heterocycles. The average Bonchev–Trinajstić information content (AvgIpc) is 2.83. The van der Waals surface area contributed by atoms with E-state index in [2.05, 4.69) is 59.3 Å². The van der Waals surface area contributed by atoms with Crippen LogP contribution in [0.3, 0.4) is 0 Å². The zero-order valence-corrected chi connectivity index (χ0v) is 23.0. The van der Waals surface area contributed by atoms with E-state index < -0.39 is 0 Å². The maximum absolute atomic E-state index is 5.03. The second-order valence-corrected chi connectivity index (χ2v) is 7.22. The van der Waals surface area contributed by atoms with Crippen molar-refractivity contribution in [3.8, 4) is 0 Å². The number of thiocarbonyl (C=S) groups is 2. The van der Waals surface area contributed by atoms with E-state index in [4.69, 9.17) is 24.4 Å². The molecule has 0 radical (unpaired) electrons. The van der Waals surface area contributed by atoms with Crippen LogP contribution >= 0.6 is 38.5 Å². The molecule has 2 heterocycles. The van der Waals surface area contributed by atoms with Gasteiger partial charge in [-0.3, -0.25) is 20.8 Å². The fourth-order valence-electron chi connectivity index (χ4n) is 1.73. The number of nitrogens with one attached hydrogen (secondary N) is 2. The molecule has 178 valence electrons. The van der Waals surface area contributed by atoms with Crippen LogP contribution in [0.1, 0.15) is 25.2 Å². The Labute approximate surface area is 216 Å². The van der Waals surface area contributed by atoms with Gasteiger partial charge in [0, 0.05) is 40.6 Å². The summed E-state index contributed by atoms with van der Waals surface area (Å²) < 4.78 is 0. The first kappa shape index (κ1) is 30.0. The monoisotopic (exact) mass is 586 g/mol. The van der Waals surface area contributed by atoms with Gasteiger partial charge in [-0.05, 0) is 62.5 Å². The number of nitrogens with zero attached hydrogens (tertiary/aromatic N) is 6. The number of hydrazone groups is 2. The summed E-state index contributed by atoms with van der Waals surface area (Å²) in [5.74, 6) is 0. The second-order valence-electron chi connectivity index (χ2n) is 6.45. The van der Waals surface area contributed by atoms with E-state index in [1.807, 2.05) is 78.4 Å². The molecule has 0 aliphatic rings. The van der Waals surface area contributed by atoms with Crippen molar-refractivity contribution in [2.24, 2.45) is 10.2 Å². The van der Waals surface area contributed by atoms with Crippen molar-refractivity contribution in [1.29, 1.82) is 0 Å². The van der Waals surface area contributed by atoms with Crippen molar-refractivity contribution >= 4 is 60.2 Å². The third kappa shape index (κ3) is 12.8. The Kier molecular flexibility index (Phi) is 16.5. The van der Waals surface area contributed by atoms with Crippen molar-refractivity contribution in [3.05, 3.63) is 60.2 Å². The molecule has 2 N–H and O–H groups in total. The number of hydrogen-bond acceptors (Lipinski definition) is 6. The minimum absolute atomic E-state index is 0.574. The van der Waals surface area contributed by atoms with Crippen LogP contribution in [0.25, 0.3) is 0 Å². The topological polar surface area (TPSA) is 81.0 Å². The summed E-state index contributed by atoms with van der Waals surface area (Å²) in [4.78, 5) is 11.9. The molecule has 0 spiro atoms. The first-order valence-electron chi connectivity index (χ1n) is 9.19. The van der Waals surface area contributed by atoms with E-state index in [1.165, 1.54) is 0 Å². The number of pyridine rings is 2. The van der Waals surface area contributed by atoms with Gasteiger partial charge in [-0.1, -0.05) is 12.1 Å². The summed E-state index contributed by atoms with van der Waals surface area (Å²) in [6.07, 6.45) is 3.47. The molecule has 0 atom stereocenters. The summed E-state index contributed by atoms with van der Waals surface area (Å²) in [5, 5.41) is 9.42. The summed E-state index contributed by atoms with van der Waals surface area (Å²) in [5.41, 5.74) is 8.86. The van der Waals surface area contributed by atoms with Gasteiger partial charge >= 0.3 is 28.3 Å². The predicted octanol–water partition coefficient (Wildman–Crippen LogP) is 3.33. The summed E-state index contributed by atoms with van der Waals surface area (Å²) in [7, 11) is 7.45. The van der Waals surface area contributed by atoms with Crippen LogP contribution in [0.15, 0.2) is 59.0 Å². The Balaban J connectivity index is 0.000000557. The zero-order chi connectivity index (χ0) is 24.5. The van der Waals surface area contributed by atoms with Gasteiger partial charge in [0.25, 0.3) is 0 Å². The molecule has 2 aromatic rings. The Morgan fingerprint density at radius 3 is 1.38 bits per heavy atom. The molecule has 0 bridgehead atoms. The number of rotatable bonds is 4. The van der Waals surface area contributed by atoms with Gasteiger partial charge < -0.3 is 9.80 Å². The van der Waals surface area contributed by atoms with Crippen LogP contribution in [0.5, 0.6) is 0 Å². The van der Waals surface area contributed by atoms with Crippen molar-refractivity contribution in [1.82, 2.24) is 30.6 Å². The van der Waals surface area contributed by atoms with Crippen LogP contribution in [0.4, 0.5) is 0 Å². The van der Waals surface area contributed by atoms with E-state index in [0.717, 1.165) is 22.8 Å². The third-order valence-corrected chi connectivity index (χ3v) is 4.43. The van der Waals surface area contributed by atoms with Gasteiger partial charge in [0.05, 0.1) is 22.8 Å². The number of aromatic nitrogens is 2. The molecule has 2 aromatic heterocycles. The maximum atomic E-state index is 5.03. The van der Waals surface area contributed by atoms with Crippen molar-refractivity contribution in [3.63, 3.8) is 0 Å². The molecule has 0 fully saturated rings. The molecular formula is C20H28BrCuN8S2. The average molecular weight is 588 g/mol. The Morgan fingerprint density at radius 1 is 0.781 bits per heavy atom. The molecule has 2 rings (SSSR count). The molecule has 0 saturated heterocycles. The first-order chi connectivity index (χ1) is 15.2. The number of hydrogen-bond donors (Lipinski definition) is 2. The van der Waals surface area contributed by atoms with Gasteiger partial charge in [0.15, 0.2) is 10.2 Å². The molecule has 0 aromatic carbocycles. The fraction of sp³-hybridized carbons (Fsp3) is 0.300. The summed E-state index contributed by atoms with van der Waals surface area (Å²) >= 11 is 16.6. The summed E-state index contributed by atoms with van der Waals surface area (Å²) in [6, 6.07) is 11.4. The van der Waals surface area contributed by atoms with E-state index in [0.29, 0.717) is 10.2 Å². The Bertz CT molecular complexity index is 804. The molecule has 0 unspecified atom stereocenters. The molecule has 12 heteroatoms. The zero-order valence-electron chi connectivity index (χ0n) is 18.8. The van der Waals surface area contributed by atoms with E-state index in [9.17, 15) is 0 Å². The molecule has 32 heavy (non-hydrogen) atoms. The molecular weight excluding hydrogens is 560 g/mol. The Morgan fingerprint density at radius 2 is 1.12 bits per heavy atom. The van der Waals surface area contributed by atoms with Gasteiger partial charge in [0.1, 0.15) is 0 Å². The normalized spacial score (nSPS) is 10.5. The van der Waals surface area contributed by atoms with Crippen molar-refractivity contribution in [2.75, 3.05) is 28.2 Å². The van der Waals surface area contributed by atoms with Crippen LogP contribution in [0, 0.1) is 0 Å². The van der Waals surface area contributed by atoms with Gasteiger partial charge in [0.2, 0.25) is 0 Å². The fourth-order valence-corrected chi connectivity index (χ4v) is 1.82. The summed E-state index contributed by atoms with van der Waals surface area (Å²) in [6.45, 7) is 3.77. The SMILES string of the molecule is C/C(=N\NC(=S)N(C)C)c1ccccn1.C/C(=N\NC(=S)N(C)C)c1ccccn1.[Cu][Br]. The van der Waals surface area contributed by atoms with E-state index in [1.54, 1.807) is 22.2 Å². The minimum atomic E-state index is 0.574. The standard InChI is InChI=1S/2C10H14N4S.BrH.Cu/c2*1-8(9-6-4-5-7-11-9)12-13-10(15)14(2)3;;/h2*4-7H,1-3H3,(H,13,15);1H;/q;;;+1/p-1/b2*12-8+;;. The third-order valence-electron chi connectivity index (χ3n) is 3.52. The number of halogens is 1. The van der Waals surface area contributed by atoms with Gasteiger partial charge in [-0.15, -0.1) is 0 Å².